The molecule has 0 radical (unpaired) electrons. The lowest BCUT2D eigenvalue weighted by molar-refractivity contribution is 0.0945. The van der Waals surface area contributed by atoms with Gasteiger partial charge in [-0.15, -0.1) is 0 Å². The van der Waals surface area contributed by atoms with Crippen LogP contribution >= 0.6 is 23.2 Å². The SMILES string of the molecule is Cc1nc(Nc2c(Cl)cccc2Cl)cc(C(=O)NC2CC2)n1. The molecule has 7 heteroatoms. The van der Waals surface area contributed by atoms with E-state index in [1.54, 1.807) is 31.2 Å². The monoisotopic (exact) mass is 336 g/mol. The van der Waals surface area contributed by atoms with Crippen LogP contribution < -0.4 is 10.6 Å². The molecule has 2 aromatic rings. The molecule has 1 heterocycles. The maximum absolute atomic E-state index is 12.1. The molecule has 1 saturated carbocycles. The van der Waals surface area contributed by atoms with Gasteiger partial charge < -0.3 is 10.6 Å². The van der Waals surface area contributed by atoms with Gasteiger partial charge in [0.25, 0.3) is 5.91 Å². The highest BCUT2D eigenvalue weighted by molar-refractivity contribution is 6.39. The largest absolute Gasteiger partial charge is 0.348 e. The summed E-state index contributed by atoms with van der Waals surface area (Å²) >= 11 is 12.3. The van der Waals surface area contributed by atoms with Crippen LogP contribution in [0.1, 0.15) is 29.2 Å². The van der Waals surface area contributed by atoms with E-state index in [2.05, 4.69) is 20.6 Å². The Balaban J connectivity index is 1.87. The highest BCUT2D eigenvalue weighted by Gasteiger charge is 2.24. The molecule has 3 rings (SSSR count). The number of para-hydroxylation sites is 1. The van der Waals surface area contributed by atoms with Gasteiger partial charge in [-0.25, -0.2) is 9.97 Å². The van der Waals surface area contributed by atoms with Gasteiger partial charge >= 0.3 is 0 Å². The number of hydrogen-bond donors (Lipinski definition) is 2. The zero-order chi connectivity index (χ0) is 15.7. The molecule has 1 amide bonds. The molecular formula is C15H14Cl2N4O. The number of anilines is 2. The fourth-order valence-corrected chi connectivity index (χ4v) is 2.47. The molecule has 0 unspecified atom stereocenters. The summed E-state index contributed by atoms with van der Waals surface area (Å²) < 4.78 is 0. The van der Waals surface area contributed by atoms with E-state index in [0.29, 0.717) is 33.1 Å². The van der Waals surface area contributed by atoms with Crippen molar-refractivity contribution in [2.45, 2.75) is 25.8 Å². The summed E-state index contributed by atoms with van der Waals surface area (Å²) in [7, 11) is 0. The van der Waals surface area contributed by atoms with Crippen molar-refractivity contribution >= 4 is 40.6 Å². The van der Waals surface area contributed by atoms with E-state index in [9.17, 15) is 4.79 Å². The third-order valence-corrected chi connectivity index (χ3v) is 3.83. The van der Waals surface area contributed by atoms with Crippen LogP contribution in [0, 0.1) is 6.92 Å². The van der Waals surface area contributed by atoms with Crippen LogP contribution in [0.5, 0.6) is 0 Å². The van der Waals surface area contributed by atoms with Gasteiger partial charge in [-0.3, -0.25) is 4.79 Å². The molecule has 22 heavy (non-hydrogen) atoms. The number of benzene rings is 1. The van der Waals surface area contributed by atoms with Crippen molar-refractivity contribution in [3.63, 3.8) is 0 Å². The summed E-state index contributed by atoms with van der Waals surface area (Å²) in [5.74, 6) is 0.777. The third kappa shape index (κ3) is 3.48. The van der Waals surface area contributed by atoms with E-state index in [-0.39, 0.29) is 11.9 Å². The van der Waals surface area contributed by atoms with Crippen molar-refractivity contribution in [1.82, 2.24) is 15.3 Å². The quantitative estimate of drug-likeness (QED) is 0.892. The molecule has 5 nitrogen and oxygen atoms in total. The Morgan fingerprint density at radius 3 is 2.55 bits per heavy atom. The van der Waals surface area contributed by atoms with Crippen molar-refractivity contribution in [2.75, 3.05) is 5.32 Å². The first-order valence-corrected chi connectivity index (χ1v) is 7.66. The Kier molecular flexibility index (Phi) is 4.18. The minimum Gasteiger partial charge on any atom is -0.348 e. The minimum absolute atomic E-state index is 0.193. The number of nitrogens with zero attached hydrogens (tertiary/aromatic N) is 2. The Bertz CT molecular complexity index is 711. The molecule has 1 aromatic carbocycles. The number of amides is 1. The average molecular weight is 337 g/mol. The summed E-state index contributed by atoms with van der Waals surface area (Å²) in [4.78, 5) is 20.5. The highest BCUT2D eigenvalue weighted by Crippen LogP contribution is 2.32. The molecule has 2 N–H and O–H groups in total. The number of carbonyl (C=O) groups is 1. The Morgan fingerprint density at radius 1 is 1.23 bits per heavy atom. The predicted octanol–water partition coefficient (Wildman–Crippen LogP) is 3.73. The predicted molar refractivity (Wildman–Crippen MR) is 87.0 cm³/mol. The van der Waals surface area contributed by atoms with Crippen LogP contribution in [0.15, 0.2) is 24.3 Å². The summed E-state index contributed by atoms with van der Waals surface area (Å²) in [6, 6.07) is 7.08. The fraction of sp³-hybridized carbons (Fsp3) is 0.267. The van der Waals surface area contributed by atoms with Crippen LogP contribution in [0.25, 0.3) is 0 Å². The molecule has 114 valence electrons. The number of hydrogen-bond acceptors (Lipinski definition) is 4. The van der Waals surface area contributed by atoms with Crippen LogP contribution in [0.3, 0.4) is 0 Å². The van der Waals surface area contributed by atoms with Crippen molar-refractivity contribution < 1.29 is 4.79 Å². The van der Waals surface area contributed by atoms with Crippen molar-refractivity contribution in [1.29, 1.82) is 0 Å². The van der Waals surface area contributed by atoms with Gasteiger partial charge in [-0.1, -0.05) is 29.3 Å². The zero-order valence-electron chi connectivity index (χ0n) is 11.9. The van der Waals surface area contributed by atoms with Crippen molar-refractivity contribution in [3.8, 4) is 0 Å². The lowest BCUT2D eigenvalue weighted by Gasteiger charge is -2.11. The number of rotatable bonds is 4. The molecular weight excluding hydrogens is 323 g/mol. The smallest absolute Gasteiger partial charge is 0.270 e. The van der Waals surface area contributed by atoms with Gasteiger partial charge in [0, 0.05) is 12.1 Å². The average Bonchev–Trinajstić information content (AvgIpc) is 3.26. The molecule has 1 aliphatic rings. The maximum Gasteiger partial charge on any atom is 0.270 e. The summed E-state index contributed by atoms with van der Waals surface area (Å²) in [6.45, 7) is 1.73. The molecule has 0 bridgehead atoms. The van der Waals surface area contributed by atoms with E-state index in [1.807, 2.05) is 0 Å². The molecule has 1 fully saturated rings. The fourth-order valence-electron chi connectivity index (χ4n) is 1.98. The first kappa shape index (κ1) is 15.1. The first-order valence-electron chi connectivity index (χ1n) is 6.90. The maximum atomic E-state index is 12.1. The second-order valence-corrected chi connectivity index (χ2v) is 5.97. The van der Waals surface area contributed by atoms with Crippen LogP contribution in [-0.4, -0.2) is 21.9 Å². The Morgan fingerprint density at radius 2 is 1.91 bits per heavy atom. The summed E-state index contributed by atoms with van der Waals surface area (Å²) in [6.07, 6.45) is 2.05. The van der Waals surface area contributed by atoms with Crippen LogP contribution in [0.4, 0.5) is 11.5 Å². The molecule has 0 atom stereocenters. The number of aryl methyl sites for hydroxylation is 1. The summed E-state index contributed by atoms with van der Waals surface area (Å²) in [5.41, 5.74) is 0.877. The second kappa shape index (κ2) is 6.10. The number of aromatic nitrogens is 2. The van der Waals surface area contributed by atoms with E-state index >= 15 is 0 Å². The molecule has 1 aromatic heterocycles. The van der Waals surface area contributed by atoms with E-state index in [4.69, 9.17) is 23.2 Å². The number of carbonyl (C=O) groups excluding carboxylic acids is 1. The second-order valence-electron chi connectivity index (χ2n) is 5.16. The topological polar surface area (TPSA) is 66.9 Å². The van der Waals surface area contributed by atoms with Gasteiger partial charge in [0.2, 0.25) is 0 Å². The Hall–Kier alpha value is -1.85. The molecule has 1 aliphatic carbocycles. The Labute approximate surface area is 138 Å². The number of halogens is 2. The third-order valence-electron chi connectivity index (χ3n) is 3.20. The van der Waals surface area contributed by atoms with Gasteiger partial charge in [-0.05, 0) is 31.9 Å². The molecule has 0 saturated heterocycles. The zero-order valence-corrected chi connectivity index (χ0v) is 13.4. The molecule has 0 spiro atoms. The van der Waals surface area contributed by atoms with E-state index in [0.717, 1.165) is 12.8 Å². The lowest BCUT2D eigenvalue weighted by Crippen LogP contribution is -2.26. The minimum atomic E-state index is -0.193. The normalized spacial score (nSPS) is 13.8. The van der Waals surface area contributed by atoms with Crippen LogP contribution in [0.2, 0.25) is 10.0 Å². The van der Waals surface area contributed by atoms with Crippen LogP contribution in [-0.2, 0) is 0 Å². The number of nitrogens with one attached hydrogen (secondary N) is 2. The van der Waals surface area contributed by atoms with Gasteiger partial charge in [0.15, 0.2) is 0 Å². The van der Waals surface area contributed by atoms with Gasteiger partial charge in [0.1, 0.15) is 17.3 Å². The van der Waals surface area contributed by atoms with Crippen molar-refractivity contribution in [3.05, 3.63) is 45.8 Å². The van der Waals surface area contributed by atoms with E-state index in [1.165, 1.54) is 0 Å². The van der Waals surface area contributed by atoms with Gasteiger partial charge in [0.05, 0.1) is 15.7 Å². The summed E-state index contributed by atoms with van der Waals surface area (Å²) in [5, 5.41) is 6.91. The lowest BCUT2D eigenvalue weighted by atomic mass is 10.3. The first-order chi connectivity index (χ1) is 10.5. The molecule has 0 aliphatic heterocycles. The van der Waals surface area contributed by atoms with Crippen molar-refractivity contribution in [2.24, 2.45) is 0 Å². The highest BCUT2D eigenvalue weighted by atomic mass is 35.5. The van der Waals surface area contributed by atoms with Gasteiger partial charge in [-0.2, -0.15) is 0 Å². The van der Waals surface area contributed by atoms with E-state index < -0.39 is 0 Å². The standard InChI is InChI=1S/C15H14Cl2N4O/c1-8-18-12(15(22)20-9-5-6-9)7-13(19-8)21-14-10(16)3-2-4-11(14)17/h2-4,7,9H,5-6H2,1H3,(H,20,22)(H,18,19,21).